The Bertz CT molecular complexity index is 235. The second-order valence-corrected chi connectivity index (χ2v) is 3.18. The van der Waals surface area contributed by atoms with E-state index < -0.39 is 11.0 Å². The monoisotopic (exact) mass is 187 g/mol. The van der Waals surface area contributed by atoms with Gasteiger partial charge in [-0.25, -0.2) is 0 Å². The standard InChI is InChI=1S/C7H13N3O3/c1-4-10(11)12-7(13-10)8(2)5-6-9(7)3/h5-6H,4H2,1-3H3. The predicted molar refractivity (Wildman–Crippen MR) is 43.7 cm³/mol. The number of nitrogens with zero attached hydrogens (tertiary/aromatic N) is 3. The highest BCUT2D eigenvalue weighted by Crippen LogP contribution is 2.41. The van der Waals surface area contributed by atoms with Gasteiger partial charge in [-0.05, 0) is 6.92 Å². The van der Waals surface area contributed by atoms with E-state index in [1.807, 2.05) is 0 Å². The maximum Gasteiger partial charge on any atom is 0.444 e. The van der Waals surface area contributed by atoms with E-state index in [4.69, 9.17) is 9.68 Å². The first kappa shape index (κ1) is 8.76. The molecule has 0 bridgehead atoms. The van der Waals surface area contributed by atoms with Crippen LogP contribution in [0.2, 0.25) is 0 Å². The highest BCUT2D eigenvalue weighted by Gasteiger charge is 2.64. The van der Waals surface area contributed by atoms with Crippen LogP contribution in [0.3, 0.4) is 0 Å². The Kier molecular flexibility index (Phi) is 1.59. The number of hydrogen-bond donors (Lipinski definition) is 0. The molecule has 2 rings (SSSR count). The van der Waals surface area contributed by atoms with Crippen molar-refractivity contribution in [2.24, 2.45) is 0 Å². The van der Waals surface area contributed by atoms with Gasteiger partial charge < -0.3 is 15.0 Å². The molecule has 0 amide bonds. The lowest BCUT2D eigenvalue weighted by atomic mass is 10.6. The summed E-state index contributed by atoms with van der Waals surface area (Å²) in [6, 6.07) is -1.02. The van der Waals surface area contributed by atoms with Gasteiger partial charge in [-0.3, -0.25) is 0 Å². The zero-order chi connectivity index (χ0) is 9.69. The third-order valence-corrected chi connectivity index (χ3v) is 2.31. The SMILES string of the molecule is CC[N+]1([O-])OC2(O1)N(C)C=CN2C. The van der Waals surface area contributed by atoms with Crippen molar-refractivity contribution in [2.45, 2.75) is 13.0 Å². The molecule has 74 valence electrons. The van der Waals surface area contributed by atoms with Crippen LogP contribution < -0.4 is 0 Å². The summed E-state index contributed by atoms with van der Waals surface area (Å²) in [5, 5.41) is 11.4. The van der Waals surface area contributed by atoms with Crippen LogP contribution in [0.15, 0.2) is 12.4 Å². The lowest BCUT2D eigenvalue weighted by Crippen LogP contribution is -2.75. The maximum atomic E-state index is 11.4. The molecule has 2 heterocycles. The third-order valence-electron chi connectivity index (χ3n) is 2.31. The Morgan fingerprint density at radius 2 is 1.77 bits per heavy atom. The zero-order valence-electron chi connectivity index (χ0n) is 7.93. The summed E-state index contributed by atoms with van der Waals surface area (Å²) in [5.41, 5.74) is 0. The zero-order valence-corrected chi connectivity index (χ0v) is 7.93. The van der Waals surface area contributed by atoms with E-state index in [9.17, 15) is 5.21 Å². The van der Waals surface area contributed by atoms with Crippen LogP contribution in [0.4, 0.5) is 0 Å². The van der Waals surface area contributed by atoms with Gasteiger partial charge in [-0.2, -0.15) is 0 Å². The molecule has 0 aromatic rings. The molecule has 2 aliphatic heterocycles. The largest absolute Gasteiger partial charge is 0.564 e. The number of hydrogen-bond acceptors (Lipinski definition) is 5. The van der Waals surface area contributed by atoms with Crippen molar-refractivity contribution in [3.63, 3.8) is 0 Å². The minimum atomic E-state index is -1.05. The first-order chi connectivity index (χ1) is 6.02. The third kappa shape index (κ3) is 0.969. The molecule has 0 aromatic carbocycles. The molecule has 0 N–H and O–H groups in total. The molecule has 1 spiro atoms. The molecule has 13 heavy (non-hydrogen) atoms. The fourth-order valence-electron chi connectivity index (χ4n) is 1.39. The van der Waals surface area contributed by atoms with Gasteiger partial charge in [-0.15, -0.1) is 0 Å². The summed E-state index contributed by atoms with van der Waals surface area (Å²) in [6.45, 7) is 1.95. The van der Waals surface area contributed by atoms with Crippen LogP contribution in [0.25, 0.3) is 0 Å². The number of rotatable bonds is 1. The van der Waals surface area contributed by atoms with Gasteiger partial charge in [0, 0.05) is 26.5 Å². The second kappa shape index (κ2) is 2.36. The summed E-state index contributed by atoms with van der Waals surface area (Å²) < 4.78 is 0. The molecule has 1 saturated heterocycles. The van der Waals surface area contributed by atoms with Crippen molar-refractivity contribution in [1.29, 1.82) is 0 Å². The average Bonchev–Trinajstić information content (AvgIpc) is 2.31. The highest BCUT2D eigenvalue weighted by atomic mass is 17.3. The van der Waals surface area contributed by atoms with Crippen molar-refractivity contribution < 1.29 is 14.6 Å². The molecular formula is C7H13N3O3. The van der Waals surface area contributed by atoms with Gasteiger partial charge in [0.1, 0.15) is 6.54 Å². The summed E-state index contributed by atoms with van der Waals surface area (Å²) in [7, 11) is 3.58. The number of hydroxylamine groups is 3. The van der Waals surface area contributed by atoms with E-state index in [0.29, 0.717) is 0 Å². The molecule has 0 radical (unpaired) electrons. The Balaban J connectivity index is 2.11. The van der Waals surface area contributed by atoms with E-state index >= 15 is 0 Å². The molecule has 1 fully saturated rings. The smallest absolute Gasteiger partial charge is 0.444 e. The van der Waals surface area contributed by atoms with Crippen LogP contribution in [0.1, 0.15) is 6.92 Å². The van der Waals surface area contributed by atoms with E-state index in [1.54, 1.807) is 43.2 Å². The second-order valence-electron chi connectivity index (χ2n) is 3.18. The summed E-state index contributed by atoms with van der Waals surface area (Å²) in [5.74, 6) is 0. The topological polar surface area (TPSA) is 48.0 Å². The Labute approximate surface area is 76.6 Å². The van der Waals surface area contributed by atoms with Crippen molar-refractivity contribution >= 4 is 0 Å². The molecule has 0 aromatic heterocycles. The molecule has 6 heteroatoms. The van der Waals surface area contributed by atoms with Crippen LogP contribution in [-0.2, 0) is 9.68 Å². The van der Waals surface area contributed by atoms with Gasteiger partial charge >= 0.3 is 6.03 Å². The number of quaternary nitrogens is 1. The molecule has 0 atom stereocenters. The van der Waals surface area contributed by atoms with Crippen LogP contribution in [-0.4, -0.2) is 41.4 Å². The predicted octanol–water partition coefficient (Wildman–Crippen LogP) is 0.157. The molecule has 0 unspecified atom stereocenters. The van der Waals surface area contributed by atoms with Gasteiger partial charge in [0.15, 0.2) is 0 Å². The lowest BCUT2D eigenvalue weighted by molar-refractivity contribution is -1.32. The van der Waals surface area contributed by atoms with Gasteiger partial charge in [0.2, 0.25) is 0 Å². The fraction of sp³-hybridized carbons (Fsp3) is 0.714. The fourth-order valence-corrected chi connectivity index (χ4v) is 1.39. The minimum absolute atomic E-state index is 0.240. The highest BCUT2D eigenvalue weighted by molar-refractivity contribution is 4.94. The van der Waals surface area contributed by atoms with Crippen molar-refractivity contribution in [2.75, 3.05) is 20.6 Å². The Morgan fingerprint density at radius 1 is 1.31 bits per heavy atom. The van der Waals surface area contributed by atoms with E-state index in [2.05, 4.69) is 0 Å². The van der Waals surface area contributed by atoms with Gasteiger partial charge in [0.05, 0.1) is 0 Å². The van der Waals surface area contributed by atoms with Crippen molar-refractivity contribution in [1.82, 2.24) is 9.80 Å². The van der Waals surface area contributed by atoms with E-state index in [0.717, 1.165) is 0 Å². The van der Waals surface area contributed by atoms with Crippen LogP contribution in [0.5, 0.6) is 0 Å². The Hall–Kier alpha value is -0.820. The average molecular weight is 187 g/mol. The lowest BCUT2D eigenvalue weighted by Gasteiger charge is -2.54. The quantitative estimate of drug-likeness (QED) is 0.432. The molecule has 6 nitrogen and oxygen atoms in total. The Morgan fingerprint density at radius 3 is 2.15 bits per heavy atom. The van der Waals surface area contributed by atoms with E-state index in [-0.39, 0.29) is 6.54 Å². The van der Waals surface area contributed by atoms with Crippen molar-refractivity contribution in [3.8, 4) is 0 Å². The van der Waals surface area contributed by atoms with Crippen LogP contribution in [0, 0.1) is 5.21 Å². The first-order valence-corrected chi connectivity index (χ1v) is 4.17. The summed E-state index contributed by atoms with van der Waals surface area (Å²) >= 11 is 0. The van der Waals surface area contributed by atoms with Crippen LogP contribution >= 0.6 is 0 Å². The molecule has 0 saturated carbocycles. The maximum absolute atomic E-state index is 11.4. The molecular weight excluding hydrogens is 174 g/mol. The first-order valence-electron chi connectivity index (χ1n) is 4.17. The van der Waals surface area contributed by atoms with Crippen molar-refractivity contribution in [3.05, 3.63) is 17.6 Å². The summed E-state index contributed by atoms with van der Waals surface area (Å²) in [6.07, 6.45) is 3.58. The minimum Gasteiger partial charge on any atom is -0.564 e. The van der Waals surface area contributed by atoms with E-state index in [1.165, 1.54) is 0 Å². The van der Waals surface area contributed by atoms with Gasteiger partial charge in [0.25, 0.3) is 0 Å². The molecule has 0 aliphatic carbocycles. The normalized spacial score (nSPS) is 28.3. The van der Waals surface area contributed by atoms with Gasteiger partial charge in [-0.1, -0.05) is 14.6 Å². The summed E-state index contributed by atoms with van der Waals surface area (Å²) in [4.78, 5) is 12.8. The molecule has 2 aliphatic rings.